The molecule has 0 aliphatic carbocycles. The van der Waals surface area contributed by atoms with E-state index in [1.807, 2.05) is 16.9 Å². The highest BCUT2D eigenvalue weighted by Crippen LogP contribution is 2.02. The average Bonchev–Trinajstić information content (AvgIpc) is 2.88. The smallest absolute Gasteiger partial charge is 0.273 e. The van der Waals surface area contributed by atoms with Crippen molar-refractivity contribution in [1.29, 1.82) is 0 Å². The Balaban J connectivity index is 1.77. The predicted molar refractivity (Wildman–Crippen MR) is 65.6 cm³/mol. The molecule has 2 aromatic rings. The molecule has 0 saturated carbocycles. The van der Waals surface area contributed by atoms with Gasteiger partial charge in [0.25, 0.3) is 5.91 Å². The summed E-state index contributed by atoms with van der Waals surface area (Å²) in [6.07, 6.45) is 7.27. The molecule has 7 heteroatoms. The lowest BCUT2D eigenvalue weighted by Gasteiger charge is -2.05. The highest BCUT2D eigenvalue weighted by atomic mass is 16.1. The van der Waals surface area contributed by atoms with Gasteiger partial charge in [0.2, 0.25) is 0 Å². The fourth-order valence-electron chi connectivity index (χ4n) is 1.48. The van der Waals surface area contributed by atoms with Gasteiger partial charge in [0.15, 0.2) is 11.5 Å². The van der Waals surface area contributed by atoms with E-state index in [2.05, 4.69) is 20.4 Å². The van der Waals surface area contributed by atoms with Gasteiger partial charge in [-0.15, -0.1) is 0 Å². The zero-order valence-corrected chi connectivity index (χ0v) is 9.78. The Morgan fingerprint density at radius 1 is 1.33 bits per heavy atom. The molecule has 0 unspecified atom stereocenters. The number of hydrogen-bond donors (Lipinski definition) is 2. The second-order valence-corrected chi connectivity index (χ2v) is 3.67. The van der Waals surface area contributed by atoms with Crippen LogP contribution in [0.25, 0.3) is 0 Å². The Kier molecular flexibility index (Phi) is 3.85. The third-order valence-corrected chi connectivity index (χ3v) is 2.35. The van der Waals surface area contributed by atoms with Crippen LogP contribution in [0.1, 0.15) is 16.9 Å². The van der Waals surface area contributed by atoms with E-state index >= 15 is 0 Å². The summed E-state index contributed by atoms with van der Waals surface area (Å²) in [6, 6.07) is 1.86. The average molecular weight is 246 g/mol. The van der Waals surface area contributed by atoms with Crippen LogP contribution in [0.15, 0.2) is 30.9 Å². The van der Waals surface area contributed by atoms with E-state index in [4.69, 9.17) is 5.73 Å². The molecule has 2 heterocycles. The van der Waals surface area contributed by atoms with Crippen molar-refractivity contribution >= 4 is 11.7 Å². The third kappa shape index (κ3) is 3.03. The molecule has 7 nitrogen and oxygen atoms in total. The number of carbonyl (C=O) groups excluding carboxylic acids is 1. The van der Waals surface area contributed by atoms with Crippen LogP contribution in [-0.4, -0.2) is 32.2 Å². The molecule has 0 fully saturated rings. The van der Waals surface area contributed by atoms with Gasteiger partial charge in [0, 0.05) is 37.9 Å². The van der Waals surface area contributed by atoms with E-state index in [1.165, 1.54) is 12.4 Å². The van der Waals surface area contributed by atoms with Gasteiger partial charge in [-0.2, -0.15) is 5.10 Å². The van der Waals surface area contributed by atoms with E-state index in [-0.39, 0.29) is 17.4 Å². The van der Waals surface area contributed by atoms with Crippen molar-refractivity contribution in [2.45, 2.75) is 13.0 Å². The Morgan fingerprint density at radius 3 is 2.89 bits per heavy atom. The maximum Gasteiger partial charge on any atom is 0.273 e. The molecule has 94 valence electrons. The summed E-state index contributed by atoms with van der Waals surface area (Å²) < 4.78 is 1.81. The van der Waals surface area contributed by atoms with Gasteiger partial charge in [-0.25, -0.2) is 9.97 Å². The third-order valence-electron chi connectivity index (χ3n) is 2.35. The van der Waals surface area contributed by atoms with Crippen molar-refractivity contribution < 1.29 is 4.79 Å². The minimum absolute atomic E-state index is 0.141. The number of nitrogens with one attached hydrogen (secondary N) is 1. The molecule has 0 aromatic carbocycles. The van der Waals surface area contributed by atoms with Crippen LogP contribution in [0.2, 0.25) is 0 Å². The number of nitrogen functional groups attached to an aromatic ring is 1. The summed E-state index contributed by atoms with van der Waals surface area (Å²) in [5.74, 6) is -0.164. The number of aromatic nitrogens is 4. The number of amides is 1. The monoisotopic (exact) mass is 246 g/mol. The maximum absolute atomic E-state index is 11.7. The van der Waals surface area contributed by atoms with Crippen LogP contribution in [0.3, 0.4) is 0 Å². The first kappa shape index (κ1) is 12.0. The second kappa shape index (κ2) is 5.76. The molecule has 0 saturated heterocycles. The Morgan fingerprint density at radius 2 is 2.17 bits per heavy atom. The minimum atomic E-state index is -0.305. The molecule has 0 spiro atoms. The fourth-order valence-corrected chi connectivity index (χ4v) is 1.48. The number of nitrogens with zero attached hydrogens (tertiary/aromatic N) is 4. The molecule has 0 atom stereocenters. The van der Waals surface area contributed by atoms with Crippen molar-refractivity contribution in [1.82, 2.24) is 25.1 Å². The van der Waals surface area contributed by atoms with Gasteiger partial charge in [-0.05, 0) is 12.5 Å². The van der Waals surface area contributed by atoms with Gasteiger partial charge in [0.1, 0.15) is 0 Å². The molecule has 0 aliphatic heterocycles. The van der Waals surface area contributed by atoms with Crippen LogP contribution < -0.4 is 11.1 Å². The number of anilines is 1. The molecule has 0 radical (unpaired) electrons. The van der Waals surface area contributed by atoms with E-state index < -0.39 is 0 Å². The van der Waals surface area contributed by atoms with Gasteiger partial charge in [0.05, 0.1) is 0 Å². The van der Waals surface area contributed by atoms with Crippen molar-refractivity contribution in [3.05, 3.63) is 36.5 Å². The maximum atomic E-state index is 11.7. The lowest BCUT2D eigenvalue weighted by molar-refractivity contribution is 0.0948. The lowest BCUT2D eigenvalue weighted by atomic mass is 10.3. The molecule has 2 aromatic heterocycles. The summed E-state index contributed by atoms with van der Waals surface area (Å²) in [5.41, 5.74) is 5.72. The van der Waals surface area contributed by atoms with Crippen molar-refractivity contribution in [2.75, 3.05) is 12.3 Å². The first-order chi connectivity index (χ1) is 8.77. The molecule has 0 bridgehead atoms. The standard InChI is InChI=1S/C11H14N6O/c12-10-9(13-5-6-14-10)11(18)15-3-1-7-17-8-2-4-16-17/h2,4-6,8H,1,3,7H2,(H2,12,14)(H,15,18). The van der Waals surface area contributed by atoms with Crippen molar-refractivity contribution in [3.63, 3.8) is 0 Å². The zero-order valence-electron chi connectivity index (χ0n) is 9.78. The van der Waals surface area contributed by atoms with Crippen molar-refractivity contribution in [2.24, 2.45) is 0 Å². The highest BCUT2D eigenvalue weighted by Gasteiger charge is 2.10. The van der Waals surface area contributed by atoms with E-state index in [0.29, 0.717) is 6.54 Å². The van der Waals surface area contributed by atoms with Crippen LogP contribution in [0.5, 0.6) is 0 Å². The summed E-state index contributed by atoms with van der Waals surface area (Å²) in [4.78, 5) is 19.4. The molecule has 1 amide bonds. The number of aryl methyl sites for hydroxylation is 1. The first-order valence-electron chi connectivity index (χ1n) is 5.59. The molecule has 18 heavy (non-hydrogen) atoms. The normalized spacial score (nSPS) is 10.2. The largest absolute Gasteiger partial charge is 0.382 e. The van der Waals surface area contributed by atoms with Crippen LogP contribution >= 0.6 is 0 Å². The van der Waals surface area contributed by atoms with Gasteiger partial charge in [-0.1, -0.05) is 0 Å². The van der Waals surface area contributed by atoms with Crippen molar-refractivity contribution in [3.8, 4) is 0 Å². The Labute approximate surface area is 104 Å². The van der Waals surface area contributed by atoms with Crippen LogP contribution in [0.4, 0.5) is 5.82 Å². The van der Waals surface area contributed by atoms with E-state index in [1.54, 1.807) is 6.20 Å². The summed E-state index contributed by atoms with van der Waals surface area (Å²) >= 11 is 0. The van der Waals surface area contributed by atoms with Gasteiger partial charge in [-0.3, -0.25) is 9.48 Å². The summed E-state index contributed by atoms with van der Waals surface area (Å²) in [5, 5.41) is 6.81. The van der Waals surface area contributed by atoms with E-state index in [0.717, 1.165) is 13.0 Å². The lowest BCUT2D eigenvalue weighted by Crippen LogP contribution is -2.27. The number of carbonyl (C=O) groups is 1. The first-order valence-corrected chi connectivity index (χ1v) is 5.59. The SMILES string of the molecule is Nc1nccnc1C(=O)NCCCn1cccn1. The number of nitrogens with two attached hydrogens (primary N) is 1. The second-order valence-electron chi connectivity index (χ2n) is 3.67. The fraction of sp³-hybridized carbons (Fsp3) is 0.273. The Hall–Kier alpha value is -2.44. The topological polar surface area (TPSA) is 98.7 Å². The highest BCUT2D eigenvalue weighted by molar-refractivity contribution is 5.96. The van der Waals surface area contributed by atoms with Crippen LogP contribution in [-0.2, 0) is 6.54 Å². The van der Waals surface area contributed by atoms with E-state index in [9.17, 15) is 4.79 Å². The number of hydrogen-bond acceptors (Lipinski definition) is 5. The molecule has 3 N–H and O–H groups in total. The Bertz CT molecular complexity index is 510. The molecular weight excluding hydrogens is 232 g/mol. The van der Waals surface area contributed by atoms with Gasteiger partial charge >= 0.3 is 0 Å². The number of rotatable bonds is 5. The molecular formula is C11H14N6O. The molecule has 2 rings (SSSR count). The predicted octanol–water partition coefficient (Wildman–Crippen LogP) is 0.0754. The van der Waals surface area contributed by atoms with Crippen LogP contribution in [0, 0.1) is 0 Å². The molecule has 0 aliphatic rings. The minimum Gasteiger partial charge on any atom is -0.382 e. The van der Waals surface area contributed by atoms with Gasteiger partial charge < -0.3 is 11.1 Å². The quantitative estimate of drug-likeness (QED) is 0.728. The summed E-state index contributed by atoms with van der Waals surface area (Å²) in [6.45, 7) is 1.29. The summed E-state index contributed by atoms with van der Waals surface area (Å²) in [7, 11) is 0. The zero-order chi connectivity index (χ0) is 12.8.